The third-order valence-corrected chi connectivity index (χ3v) is 3.98. The van der Waals surface area contributed by atoms with Crippen molar-refractivity contribution in [2.75, 3.05) is 5.32 Å². The molecule has 0 radical (unpaired) electrons. The van der Waals surface area contributed by atoms with Crippen molar-refractivity contribution in [1.29, 1.82) is 0 Å². The van der Waals surface area contributed by atoms with Crippen LogP contribution in [0.25, 0.3) is 5.65 Å². The lowest BCUT2D eigenvalue weighted by molar-refractivity contribution is 0.102. The Labute approximate surface area is 120 Å². The molecule has 0 fully saturated rings. The lowest BCUT2D eigenvalue weighted by Crippen LogP contribution is -2.14. The summed E-state index contributed by atoms with van der Waals surface area (Å²) >= 11 is 0. The number of pyridine rings is 1. The second kappa shape index (κ2) is 4.41. The summed E-state index contributed by atoms with van der Waals surface area (Å²) in [4.78, 5) is 12.5. The maximum Gasteiger partial charge on any atom is 0.261 e. The highest BCUT2D eigenvalue weighted by Crippen LogP contribution is 2.34. The Morgan fingerprint density at radius 3 is 3.24 bits per heavy atom. The van der Waals surface area contributed by atoms with E-state index >= 15 is 0 Å². The number of fused-ring (bicyclic) bond motifs is 3. The minimum absolute atomic E-state index is 0.272. The van der Waals surface area contributed by atoms with E-state index in [1.165, 1.54) is 17.5 Å². The first-order valence-corrected chi connectivity index (χ1v) is 6.81. The van der Waals surface area contributed by atoms with Crippen LogP contribution < -0.4 is 5.32 Å². The molecule has 1 aliphatic rings. The molecular weight excluding hydrogens is 270 g/mol. The summed E-state index contributed by atoms with van der Waals surface area (Å²) in [5, 5.41) is 14.3. The van der Waals surface area contributed by atoms with Gasteiger partial charge in [0.05, 0.1) is 11.8 Å². The molecule has 1 N–H and O–H groups in total. The molecule has 0 aromatic carbocycles. The highest BCUT2D eigenvalue weighted by molar-refractivity contribution is 6.07. The number of aromatic nitrogens is 4. The summed E-state index contributed by atoms with van der Waals surface area (Å²) in [6.45, 7) is 2.17. The van der Waals surface area contributed by atoms with Gasteiger partial charge in [-0.1, -0.05) is 12.1 Å². The number of anilines is 1. The zero-order chi connectivity index (χ0) is 14.4. The number of hydrogen-bond acceptors (Lipinski definition) is 5. The monoisotopic (exact) mass is 283 g/mol. The number of aryl methyl sites for hydroxylation is 1. The van der Waals surface area contributed by atoms with E-state index < -0.39 is 0 Å². The van der Waals surface area contributed by atoms with Crippen LogP contribution in [0.5, 0.6) is 0 Å². The van der Waals surface area contributed by atoms with E-state index in [4.69, 9.17) is 4.52 Å². The van der Waals surface area contributed by atoms with Crippen LogP contribution in [-0.4, -0.2) is 25.7 Å². The molecule has 3 aromatic rings. The Hall–Kier alpha value is -2.70. The molecule has 7 heteroatoms. The molecule has 0 bridgehead atoms. The van der Waals surface area contributed by atoms with Gasteiger partial charge in [-0.05, 0) is 30.4 Å². The smallest absolute Gasteiger partial charge is 0.261 e. The highest BCUT2D eigenvalue weighted by Gasteiger charge is 2.25. The van der Waals surface area contributed by atoms with Gasteiger partial charge in [-0.2, -0.15) is 0 Å². The Kier molecular flexibility index (Phi) is 2.53. The van der Waals surface area contributed by atoms with Crippen LogP contribution in [0, 0.1) is 0 Å². The van der Waals surface area contributed by atoms with E-state index in [1.54, 1.807) is 12.4 Å². The van der Waals surface area contributed by atoms with Gasteiger partial charge in [0.1, 0.15) is 6.33 Å². The average molecular weight is 283 g/mol. The van der Waals surface area contributed by atoms with Crippen LogP contribution >= 0.6 is 0 Å². The predicted molar refractivity (Wildman–Crippen MR) is 74.2 cm³/mol. The minimum Gasteiger partial charge on any atom is -0.338 e. The van der Waals surface area contributed by atoms with E-state index in [1.807, 2.05) is 10.5 Å². The molecule has 0 saturated carbocycles. The third kappa shape index (κ3) is 1.81. The van der Waals surface area contributed by atoms with Crippen molar-refractivity contribution in [2.45, 2.75) is 25.7 Å². The van der Waals surface area contributed by atoms with Gasteiger partial charge in [-0.3, -0.25) is 14.5 Å². The van der Waals surface area contributed by atoms with E-state index in [0.717, 1.165) is 12.8 Å². The molecule has 4 rings (SSSR count). The Bertz CT molecular complexity index is 821. The predicted octanol–water partition coefficient (Wildman–Crippen LogP) is 2.02. The first-order chi connectivity index (χ1) is 10.2. The molecule has 3 heterocycles. The van der Waals surface area contributed by atoms with Crippen molar-refractivity contribution in [1.82, 2.24) is 19.8 Å². The van der Waals surface area contributed by atoms with Crippen molar-refractivity contribution in [3.8, 4) is 0 Å². The van der Waals surface area contributed by atoms with Gasteiger partial charge < -0.3 is 4.52 Å². The molecule has 0 saturated heterocycles. The number of rotatable bonds is 2. The lowest BCUT2D eigenvalue weighted by Gasteiger charge is -2.10. The average Bonchev–Trinajstić information content (AvgIpc) is 3.18. The van der Waals surface area contributed by atoms with E-state index in [-0.39, 0.29) is 5.91 Å². The Balaban J connectivity index is 1.83. The first kappa shape index (κ1) is 12.1. The van der Waals surface area contributed by atoms with Crippen LogP contribution in [0.15, 0.2) is 29.2 Å². The molecule has 1 amide bonds. The fourth-order valence-electron chi connectivity index (χ4n) is 2.89. The second-order valence-electron chi connectivity index (χ2n) is 5.26. The summed E-state index contributed by atoms with van der Waals surface area (Å²) in [7, 11) is 0. The molecule has 106 valence electrons. The van der Waals surface area contributed by atoms with Gasteiger partial charge in [0, 0.05) is 11.8 Å². The molecule has 21 heavy (non-hydrogen) atoms. The molecule has 3 aromatic heterocycles. The van der Waals surface area contributed by atoms with Crippen molar-refractivity contribution in [2.24, 2.45) is 0 Å². The number of hydrogen-bond donors (Lipinski definition) is 1. The zero-order valence-corrected chi connectivity index (χ0v) is 11.4. The fraction of sp³-hybridized carbons (Fsp3) is 0.286. The molecule has 0 spiro atoms. The van der Waals surface area contributed by atoms with E-state index in [0.29, 0.717) is 23.0 Å². The van der Waals surface area contributed by atoms with Crippen molar-refractivity contribution in [3.63, 3.8) is 0 Å². The fourth-order valence-corrected chi connectivity index (χ4v) is 2.89. The van der Waals surface area contributed by atoms with Gasteiger partial charge in [0.25, 0.3) is 5.91 Å². The third-order valence-electron chi connectivity index (χ3n) is 3.98. The lowest BCUT2D eigenvalue weighted by atomic mass is 10.0. The number of carbonyl (C=O) groups is 1. The first-order valence-electron chi connectivity index (χ1n) is 6.81. The summed E-state index contributed by atoms with van der Waals surface area (Å²) in [6, 6.07) is 3.51. The SMILES string of the molecule is C[C@H]1CCc2c1cc(C(=O)Nc1ccno1)c1nncn21. The molecule has 7 nitrogen and oxygen atoms in total. The molecule has 0 aliphatic heterocycles. The van der Waals surface area contributed by atoms with Crippen molar-refractivity contribution >= 4 is 17.4 Å². The Morgan fingerprint density at radius 2 is 2.43 bits per heavy atom. The van der Waals surface area contributed by atoms with Crippen molar-refractivity contribution in [3.05, 3.63) is 41.5 Å². The van der Waals surface area contributed by atoms with Gasteiger partial charge in [0.15, 0.2) is 5.65 Å². The van der Waals surface area contributed by atoms with Crippen LogP contribution in [0.4, 0.5) is 5.88 Å². The van der Waals surface area contributed by atoms with Gasteiger partial charge >= 0.3 is 0 Å². The Morgan fingerprint density at radius 1 is 1.52 bits per heavy atom. The largest absolute Gasteiger partial charge is 0.338 e. The number of nitrogens with one attached hydrogen (secondary N) is 1. The van der Waals surface area contributed by atoms with Gasteiger partial charge in [-0.15, -0.1) is 10.2 Å². The number of carbonyl (C=O) groups excluding carboxylic acids is 1. The molecule has 1 aliphatic carbocycles. The zero-order valence-electron chi connectivity index (χ0n) is 11.4. The van der Waals surface area contributed by atoms with Crippen LogP contribution in [0.3, 0.4) is 0 Å². The summed E-state index contributed by atoms with van der Waals surface area (Å²) in [6.07, 6.45) is 5.20. The van der Waals surface area contributed by atoms with Gasteiger partial charge in [-0.25, -0.2) is 0 Å². The van der Waals surface area contributed by atoms with Crippen LogP contribution in [0.1, 0.15) is 40.9 Å². The van der Waals surface area contributed by atoms with E-state index in [9.17, 15) is 4.79 Å². The van der Waals surface area contributed by atoms with Crippen LogP contribution in [-0.2, 0) is 6.42 Å². The minimum atomic E-state index is -0.272. The molecule has 0 unspecified atom stereocenters. The topological polar surface area (TPSA) is 85.3 Å². The van der Waals surface area contributed by atoms with E-state index in [2.05, 4.69) is 27.6 Å². The van der Waals surface area contributed by atoms with Crippen molar-refractivity contribution < 1.29 is 9.32 Å². The summed E-state index contributed by atoms with van der Waals surface area (Å²) < 4.78 is 6.82. The normalized spacial score (nSPS) is 17.1. The van der Waals surface area contributed by atoms with Crippen LogP contribution in [0.2, 0.25) is 0 Å². The molecular formula is C14H13N5O2. The maximum atomic E-state index is 12.5. The summed E-state index contributed by atoms with van der Waals surface area (Å²) in [5.41, 5.74) is 3.44. The second-order valence-corrected chi connectivity index (χ2v) is 5.26. The number of nitrogens with zero attached hydrogens (tertiary/aromatic N) is 4. The summed E-state index contributed by atoms with van der Waals surface area (Å²) in [5.74, 6) is 0.474. The highest BCUT2D eigenvalue weighted by atomic mass is 16.5. The quantitative estimate of drug-likeness (QED) is 0.777. The molecule has 1 atom stereocenters. The number of amides is 1. The van der Waals surface area contributed by atoms with Gasteiger partial charge in [0.2, 0.25) is 5.88 Å². The standard InChI is InChI=1S/C14H13N5O2/c1-8-2-3-11-9(8)6-10(13-18-15-7-19(11)13)14(20)17-12-4-5-16-21-12/h4-8H,2-3H2,1H3,(H,17,20)/t8-/m0/s1. The maximum absolute atomic E-state index is 12.5.